The Morgan fingerprint density at radius 3 is 2.25 bits per heavy atom. The third-order valence-corrected chi connectivity index (χ3v) is 5.18. The molecule has 0 fully saturated rings. The second-order valence-corrected chi connectivity index (χ2v) is 7.34. The summed E-state index contributed by atoms with van der Waals surface area (Å²) < 4.78 is 15.8. The van der Waals surface area contributed by atoms with E-state index in [1.165, 1.54) is 33.4 Å². The molecule has 8 nitrogen and oxygen atoms in total. The molecular weight excluding hydrogens is 413 g/mol. The zero-order valence-corrected chi connectivity index (χ0v) is 17.5. The molecule has 0 saturated heterocycles. The molecule has 0 aliphatic heterocycles. The van der Waals surface area contributed by atoms with Crippen molar-refractivity contribution >= 4 is 22.9 Å². The van der Waals surface area contributed by atoms with Gasteiger partial charge in [-0.15, -0.1) is 0 Å². The number of amides is 1. The first kappa shape index (κ1) is 21.1. The Labute approximate surface area is 182 Å². The van der Waals surface area contributed by atoms with E-state index < -0.39 is 17.4 Å². The van der Waals surface area contributed by atoms with Gasteiger partial charge >= 0.3 is 5.69 Å². The second kappa shape index (κ2) is 8.18. The number of aromatic nitrogens is 4. The number of fused-ring (bicyclic) bond motifs is 1. The van der Waals surface area contributed by atoms with Gasteiger partial charge in [0.15, 0.2) is 22.9 Å². The van der Waals surface area contributed by atoms with Crippen molar-refractivity contribution in [1.29, 1.82) is 0 Å². The molecular formula is C23H20FN5O3. The normalized spacial score (nSPS) is 11.1. The number of nitrogens with two attached hydrogens (primary N) is 1. The number of primary amides is 1. The minimum Gasteiger partial charge on any atom is -0.364 e. The predicted octanol–water partition coefficient (Wildman–Crippen LogP) is 2.71. The van der Waals surface area contributed by atoms with Crippen LogP contribution >= 0.6 is 0 Å². The largest absolute Gasteiger partial charge is 0.364 e. The monoisotopic (exact) mass is 433 g/mol. The van der Waals surface area contributed by atoms with Crippen LogP contribution in [0.5, 0.6) is 0 Å². The highest BCUT2D eigenvalue weighted by Crippen LogP contribution is 2.22. The van der Waals surface area contributed by atoms with Crippen LogP contribution in [0.15, 0.2) is 53.3 Å². The summed E-state index contributed by atoms with van der Waals surface area (Å²) in [6, 6.07) is 12.4. The maximum atomic E-state index is 13.3. The maximum absolute atomic E-state index is 13.3. The molecule has 32 heavy (non-hydrogen) atoms. The van der Waals surface area contributed by atoms with Crippen LogP contribution in [-0.2, 0) is 13.1 Å². The van der Waals surface area contributed by atoms with Gasteiger partial charge < -0.3 is 5.73 Å². The van der Waals surface area contributed by atoms with Crippen LogP contribution in [0, 0.1) is 12.7 Å². The van der Waals surface area contributed by atoms with Crippen LogP contribution in [0.25, 0.3) is 22.6 Å². The molecule has 0 bridgehead atoms. The Morgan fingerprint density at radius 1 is 1.00 bits per heavy atom. The predicted molar refractivity (Wildman–Crippen MR) is 117 cm³/mol. The highest BCUT2D eigenvalue weighted by molar-refractivity contribution is 6.03. The van der Waals surface area contributed by atoms with E-state index in [1.807, 2.05) is 6.92 Å². The van der Waals surface area contributed by atoms with Gasteiger partial charge in [0.25, 0.3) is 5.91 Å². The molecule has 2 aromatic carbocycles. The van der Waals surface area contributed by atoms with E-state index in [4.69, 9.17) is 5.73 Å². The Bertz CT molecular complexity index is 1400. The van der Waals surface area contributed by atoms with Crippen LogP contribution in [0.3, 0.4) is 0 Å². The molecule has 1 amide bonds. The second-order valence-electron chi connectivity index (χ2n) is 7.34. The molecule has 0 radical (unpaired) electrons. The summed E-state index contributed by atoms with van der Waals surface area (Å²) in [6.07, 6.45) is 0. The van der Waals surface area contributed by atoms with E-state index in [9.17, 15) is 18.8 Å². The van der Waals surface area contributed by atoms with E-state index in [2.05, 4.69) is 9.97 Å². The Hall–Kier alpha value is -4.14. The van der Waals surface area contributed by atoms with Crippen molar-refractivity contribution in [3.8, 4) is 11.4 Å². The van der Waals surface area contributed by atoms with Crippen molar-refractivity contribution in [2.75, 3.05) is 0 Å². The van der Waals surface area contributed by atoms with Crippen LogP contribution < -0.4 is 11.4 Å². The van der Waals surface area contributed by atoms with Gasteiger partial charge in [-0.3, -0.25) is 18.7 Å². The highest BCUT2D eigenvalue weighted by Gasteiger charge is 2.24. The summed E-state index contributed by atoms with van der Waals surface area (Å²) in [5.41, 5.74) is 7.05. The number of rotatable bonds is 6. The van der Waals surface area contributed by atoms with Crippen molar-refractivity contribution in [2.45, 2.75) is 26.9 Å². The molecule has 162 valence electrons. The molecule has 0 spiro atoms. The molecule has 2 N–H and O–H groups in total. The Morgan fingerprint density at radius 2 is 1.66 bits per heavy atom. The minimum atomic E-state index is -0.870. The van der Waals surface area contributed by atoms with Gasteiger partial charge in [-0.2, -0.15) is 0 Å². The zero-order chi connectivity index (χ0) is 23.0. The standard InChI is InChI=1S/C23H20FN5O3/c1-3-28-22-19(29(23(28)32)12-17(30)14-6-4-13(2)5-7-14)18(20(25)31)26-21(27-22)15-8-10-16(24)11-9-15/h4-11H,3,12H2,1-2H3,(H2,25,31). The first-order valence-electron chi connectivity index (χ1n) is 9.96. The van der Waals surface area contributed by atoms with E-state index >= 15 is 0 Å². The number of imidazole rings is 1. The van der Waals surface area contributed by atoms with Gasteiger partial charge in [-0.1, -0.05) is 29.8 Å². The number of aryl methyl sites for hydroxylation is 2. The fraction of sp³-hybridized carbons (Fsp3) is 0.174. The minimum absolute atomic E-state index is 0.0932. The smallest absolute Gasteiger partial charge is 0.330 e. The molecule has 0 aliphatic carbocycles. The molecule has 0 atom stereocenters. The van der Waals surface area contributed by atoms with Gasteiger partial charge in [-0.05, 0) is 38.1 Å². The summed E-state index contributed by atoms with van der Waals surface area (Å²) in [5, 5.41) is 0. The van der Waals surface area contributed by atoms with Gasteiger partial charge in [-0.25, -0.2) is 19.2 Å². The lowest BCUT2D eigenvalue weighted by atomic mass is 10.1. The summed E-state index contributed by atoms with van der Waals surface area (Å²) >= 11 is 0. The Kier molecular flexibility index (Phi) is 5.40. The molecule has 0 saturated carbocycles. The number of carbonyl (C=O) groups excluding carboxylic acids is 2. The molecule has 9 heteroatoms. The average molecular weight is 433 g/mol. The fourth-order valence-electron chi connectivity index (χ4n) is 3.52. The van der Waals surface area contributed by atoms with Crippen molar-refractivity contribution in [3.63, 3.8) is 0 Å². The number of Topliss-reactive ketones (excluding diaryl/α,β-unsaturated/α-hetero) is 1. The molecule has 0 unspecified atom stereocenters. The first-order valence-corrected chi connectivity index (χ1v) is 9.96. The van der Waals surface area contributed by atoms with E-state index in [-0.39, 0.29) is 41.6 Å². The quantitative estimate of drug-likeness (QED) is 0.470. The van der Waals surface area contributed by atoms with Crippen molar-refractivity contribution < 1.29 is 14.0 Å². The summed E-state index contributed by atoms with van der Waals surface area (Å²) in [6.45, 7) is 3.60. The van der Waals surface area contributed by atoms with Crippen LogP contribution in [0.4, 0.5) is 4.39 Å². The zero-order valence-electron chi connectivity index (χ0n) is 17.5. The number of ketones is 1. The summed E-state index contributed by atoms with van der Waals surface area (Å²) in [5.74, 6) is -1.49. The fourth-order valence-corrected chi connectivity index (χ4v) is 3.52. The van der Waals surface area contributed by atoms with E-state index in [0.29, 0.717) is 11.1 Å². The number of halogens is 1. The lowest BCUT2D eigenvalue weighted by molar-refractivity contribution is 0.0966. The summed E-state index contributed by atoms with van der Waals surface area (Å²) in [4.78, 5) is 46.9. The average Bonchev–Trinajstić information content (AvgIpc) is 3.04. The van der Waals surface area contributed by atoms with Crippen LogP contribution in [0.2, 0.25) is 0 Å². The van der Waals surface area contributed by atoms with Crippen LogP contribution in [-0.4, -0.2) is 30.8 Å². The molecule has 4 aromatic rings. The van der Waals surface area contributed by atoms with Gasteiger partial charge in [0.2, 0.25) is 0 Å². The lowest BCUT2D eigenvalue weighted by Gasteiger charge is -2.08. The van der Waals surface area contributed by atoms with Gasteiger partial charge in [0.1, 0.15) is 11.3 Å². The van der Waals surface area contributed by atoms with Gasteiger partial charge in [0, 0.05) is 17.7 Å². The number of carbonyl (C=O) groups is 2. The number of nitrogens with zero attached hydrogens (tertiary/aromatic N) is 4. The Balaban J connectivity index is 1.92. The third kappa shape index (κ3) is 3.68. The maximum Gasteiger partial charge on any atom is 0.330 e. The van der Waals surface area contributed by atoms with Crippen LogP contribution in [0.1, 0.15) is 33.3 Å². The number of hydrogen-bond acceptors (Lipinski definition) is 5. The van der Waals surface area contributed by atoms with Crippen molar-refractivity contribution in [2.24, 2.45) is 5.73 Å². The molecule has 0 aliphatic rings. The van der Waals surface area contributed by atoms with Crippen molar-refractivity contribution in [1.82, 2.24) is 19.1 Å². The molecule has 2 aromatic heterocycles. The SMILES string of the molecule is CCn1c(=O)n(CC(=O)c2ccc(C)cc2)c2c(C(N)=O)nc(-c3ccc(F)cc3)nc21. The molecule has 4 rings (SSSR count). The number of benzene rings is 2. The topological polar surface area (TPSA) is 113 Å². The van der Waals surface area contributed by atoms with Crippen molar-refractivity contribution in [3.05, 3.63) is 81.7 Å². The first-order chi connectivity index (χ1) is 15.3. The van der Waals surface area contributed by atoms with E-state index in [0.717, 1.165) is 5.56 Å². The summed E-state index contributed by atoms with van der Waals surface area (Å²) in [7, 11) is 0. The number of hydrogen-bond donors (Lipinski definition) is 1. The van der Waals surface area contributed by atoms with E-state index in [1.54, 1.807) is 31.2 Å². The third-order valence-electron chi connectivity index (χ3n) is 5.18. The molecule has 2 heterocycles. The van der Waals surface area contributed by atoms with Gasteiger partial charge in [0.05, 0.1) is 6.54 Å². The lowest BCUT2D eigenvalue weighted by Crippen LogP contribution is -2.27. The highest BCUT2D eigenvalue weighted by atomic mass is 19.1.